The highest BCUT2D eigenvalue weighted by Crippen LogP contribution is 2.33. The van der Waals surface area contributed by atoms with Crippen molar-refractivity contribution in [1.82, 2.24) is 30.2 Å². The van der Waals surface area contributed by atoms with Crippen LogP contribution in [0.5, 0.6) is 11.5 Å². The van der Waals surface area contributed by atoms with Crippen LogP contribution in [0, 0.1) is 17.3 Å². The van der Waals surface area contributed by atoms with E-state index < -0.39 is 113 Å². The monoisotopic (exact) mass is 1300 g/mol. The van der Waals surface area contributed by atoms with Gasteiger partial charge in [-0.1, -0.05) is 125 Å². The third kappa shape index (κ3) is 20.1. The highest BCUT2D eigenvalue weighted by molar-refractivity contribution is 6.38. The number of ether oxygens (including phenoxy) is 4. The molecule has 2 heterocycles. The summed E-state index contributed by atoms with van der Waals surface area (Å²) in [4.78, 5) is 149. The minimum Gasteiger partial charge on any atom is -0.493 e. The van der Waals surface area contributed by atoms with Crippen molar-refractivity contribution >= 4 is 75.5 Å². The molecule has 0 aromatic heterocycles. The number of Topliss-reactive ketones (excluding diaryl/α,β-unsaturated/α-hetero) is 1. The maximum Gasteiger partial charge on any atom is 0.330 e. The smallest absolute Gasteiger partial charge is 0.330 e. The number of carbonyl (C=O) groups is 10. The van der Waals surface area contributed by atoms with Gasteiger partial charge in [0.25, 0.3) is 5.91 Å². The minimum atomic E-state index is -1.53. The Morgan fingerprint density at radius 3 is 2.03 bits per heavy atom. The molecule has 21 nitrogen and oxygen atoms in total. The number of anilines is 1. The number of hydrogen-bond donors (Lipinski definition) is 3. The van der Waals surface area contributed by atoms with Crippen LogP contribution in [-0.4, -0.2) is 164 Å². The molecule has 5 aromatic carbocycles. The quantitative estimate of drug-likeness (QED) is 0.0782. The van der Waals surface area contributed by atoms with Crippen molar-refractivity contribution in [2.75, 3.05) is 60.4 Å². The van der Waals surface area contributed by atoms with Gasteiger partial charge in [-0.15, -0.1) is 0 Å². The fourth-order valence-electron chi connectivity index (χ4n) is 12.1. The number of aryl methyl sites for hydroxylation is 1. The van der Waals surface area contributed by atoms with E-state index in [1.165, 1.54) is 73.9 Å². The summed E-state index contributed by atoms with van der Waals surface area (Å²) in [6, 6.07) is 29.0. The fourth-order valence-corrected chi connectivity index (χ4v) is 12.1. The van der Waals surface area contributed by atoms with Crippen LogP contribution in [0.3, 0.4) is 0 Å². The molecule has 0 unspecified atom stereocenters. The summed E-state index contributed by atoms with van der Waals surface area (Å²) in [5.41, 5.74) is 1.60. The van der Waals surface area contributed by atoms with Crippen molar-refractivity contribution in [3.63, 3.8) is 0 Å². The van der Waals surface area contributed by atoms with Gasteiger partial charge in [-0.3, -0.25) is 38.4 Å². The third-order valence-corrected chi connectivity index (χ3v) is 17.5. The number of methoxy groups -OCH3 is 2. The van der Waals surface area contributed by atoms with E-state index in [1.54, 1.807) is 63.4 Å². The van der Waals surface area contributed by atoms with Gasteiger partial charge >= 0.3 is 11.9 Å². The number of cyclic esters (lactones) is 2. The summed E-state index contributed by atoms with van der Waals surface area (Å²) in [5.74, 6) is -6.31. The molecule has 0 spiro atoms. The van der Waals surface area contributed by atoms with Crippen LogP contribution in [0.4, 0.5) is 5.69 Å². The lowest BCUT2D eigenvalue weighted by Gasteiger charge is -2.36. The van der Waals surface area contributed by atoms with Gasteiger partial charge in [0.15, 0.2) is 11.5 Å². The molecule has 0 aliphatic carbocycles. The number of piperidine rings is 1. The van der Waals surface area contributed by atoms with Crippen molar-refractivity contribution in [1.29, 1.82) is 0 Å². The molecule has 95 heavy (non-hydrogen) atoms. The summed E-state index contributed by atoms with van der Waals surface area (Å²) in [7, 11) is 7.59. The maximum absolute atomic E-state index is 15.1. The van der Waals surface area contributed by atoms with Crippen molar-refractivity contribution in [3.05, 3.63) is 150 Å². The molecule has 1 fully saturated rings. The molecule has 7 rings (SSSR count). The molecule has 1 saturated heterocycles. The summed E-state index contributed by atoms with van der Waals surface area (Å²) in [6.07, 6.45) is 3.49. The molecule has 21 heteroatoms. The maximum atomic E-state index is 15.1. The molecule has 7 amide bonds. The molecule has 508 valence electrons. The van der Waals surface area contributed by atoms with Gasteiger partial charge in [-0.2, -0.15) is 0 Å². The Hall–Kier alpha value is -9.40. The fraction of sp³-hybridized carbons (Fsp3) is 0.459. The number of hydrogen-bond acceptors (Lipinski definition) is 14. The summed E-state index contributed by atoms with van der Waals surface area (Å²) in [5, 5.41) is 10.7. The van der Waals surface area contributed by atoms with E-state index >= 15 is 4.79 Å². The largest absolute Gasteiger partial charge is 0.493 e. The Labute approximate surface area is 557 Å². The number of nitrogens with zero attached hydrogens (tertiary/aromatic N) is 4. The molecule has 5 aromatic rings. The van der Waals surface area contributed by atoms with Crippen molar-refractivity contribution in [3.8, 4) is 11.5 Å². The van der Waals surface area contributed by atoms with Crippen molar-refractivity contribution < 1.29 is 66.9 Å². The summed E-state index contributed by atoms with van der Waals surface area (Å²) in [6.45, 7) is 10.0. The van der Waals surface area contributed by atoms with Crippen molar-refractivity contribution in [2.24, 2.45) is 17.3 Å². The second-order valence-corrected chi connectivity index (χ2v) is 26.1. The number of carbonyl (C=O) groups excluding carboxylic acids is 10. The Balaban J connectivity index is 1.21. The van der Waals surface area contributed by atoms with Crippen LogP contribution in [-0.2, 0) is 76.7 Å². The number of likely N-dealkylation sites (N-methyl/N-ethyl adjacent to an activating group) is 3. The van der Waals surface area contributed by atoms with Gasteiger partial charge in [0.05, 0.1) is 19.6 Å². The summed E-state index contributed by atoms with van der Waals surface area (Å²) < 4.78 is 22.9. The highest BCUT2D eigenvalue weighted by atomic mass is 16.5. The lowest BCUT2D eigenvalue weighted by molar-refractivity contribution is -0.165. The Morgan fingerprint density at radius 1 is 0.653 bits per heavy atom. The lowest BCUT2D eigenvalue weighted by atomic mass is 9.87. The van der Waals surface area contributed by atoms with E-state index in [1.807, 2.05) is 86.6 Å². The zero-order chi connectivity index (χ0) is 69.1. The van der Waals surface area contributed by atoms with E-state index in [-0.39, 0.29) is 70.4 Å². The molecular formula is C74H93N7O14. The SMILES string of the molecule is COc1ccc(CC[C@H]2OC(=O)[C@@H]3CCCCN3C(=O)C(=O)C(C)(C)COC(=O)C=CCCN(C)C(=O)[C@H](Cc3ccc4ccccc4c3)NC(=O)[C@H](C(C)C)N(C)C(=O)[C@@H](Cc3ccccc3)NC(=O)[C@H](CC(C)C)N(C)C(=O)CCC(=O)Nc3cccc2c3)cc1OC. The predicted molar refractivity (Wildman–Crippen MR) is 361 cm³/mol. The van der Waals surface area contributed by atoms with Gasteiger partial charge in [-0.25, -0.2) is 9.59 Å². The average Bonchev–Trinajstić information content (AvgIpc) is 0.833. The van der Waals surface area contributed by atoms with E-state index in [2.05, 4.69) is 16.0 Å². The Kier molecular flexibility index (Phi) is 26.2. The van der Waals surface area contributed by atoms with Gasteiger partial charge in [-0.05, 0) is 128 Å². The van der Waals surface area contributed by atoms with Crippen LogP contribution in [0.15, 0.2) is 127 Å². The number of esters is 2. The van der Waals surface area contributed by atoms with E-state index in [4.69, 9.17) is 18.9 Å². The first-order chi connectivity index (χ1) is 45.3. The number of rotatable bonds is 12. The van der Waals surface area contributed by atoms with E-state index in [0.29, 0.717) is 47.6 Å². The van der Waals surface area contributed by atoms with E-state index in [0.717, 1.165) is 21.9 Å². The van der Waals surface area contributed by atoms with Gasteiger partial charge in [0.2, 0.25) is 41.2 Å². The first-order valence-corrected chi connectivity index (χ1v) is 32.7. The van der Waals surface area contributed by atoms with Crippen LogP contribution < -0.4 is 25.4 Å². The molecule has 2 bridgehead atoms. The molecule has 2 aliphatic rings. The first-order valence-electron chi connectivity index (χ1n) is 32.7. The third-order valence-electron chi connectivity index (χ3n) is 17.5. The van der Waals surface area contributed by atoms with Gasteiger partial charge in [0, 0.05) is 71.7 Å². The second-order valence-electron chi connectivity index (χ2n) is 26.1. The predicted octanol–water partition coefficient (Wildman–Crippen LogP) is 8.54. The normalized spacial score (nSPS) is 21.8. The lowest BCUT2D eigenvalue weighted by Crippen LogP contribution is -2.60. The molecule has 0 saturated carbocycles. The molecule has 6 atom stereocenters. The summed E-state index contributed by atoms with van der Waals surface area (Å²) >= 11 is 0. The van der Waals surface area contributed by atoms with Crippen molar-refractivity contribution in [2.45, 2.75) is 148 Å². The topological polar surface area (TPSA) is 257 Å². The van der Waals surface area contributed by atoms with Crippen LogP contribution in [0.25, 0.3) is 10.8 Å². The molecule has 2 aliphatic heterocycles. The minimum absolute atomic E-state index is 0.0223. The zero-order valence-electron chi connectivity index (χ0n) is 56.6. The standard InChI is InChI=1S/C74H93N7O14/c1-47(2)40-59-68(86)76-57(42-49-22-13-12-14-23-49)71(89)80(9)66(48(3)4)69(87)77-56(43-51-30-33-52-24-15-16-25-53(52)41-51)70(88)78(7)38-19-18-29-65(84)94-46-74(5,6)67(85)72(90)81-39-20-17-28-58(81)73(91)95-60(34-31-50-32-35-61(92-10)62(44-50)93-11)54-26-21-27-55(45-54)75-63(82)36-37-64(83)79(59)8/h12-16,18,21-27,29-30,32-33,35,41,44-45,47-48,56-60,66H,17,19-20,28,31,34,36-40,42-43,46H2,1-11H3,(H,75,82)(H,76,86)(H,77,87)/t56-,57+,58-,59-,60+,66-/m0/s1. The number of benzene rings is 5. The van der Waals surface area contributed by atoms with Gasteiger partial charge < -0.3 is 54.5 Å². The number of nitrogens with one attached hydrogen (secondary N) is 3. The zero-order valence-corrected chi connectivity index (χ0v) is 56.6. The number of fused-ring (bicyclic) bond motifs is 4. The molecular weight excluding hydrogens is 1210 g/mol. The second kappa shape index (κ2) is 34.1. The van der Waals surface area contributed by atoms with E-state index in [9.17, 15) is 43.2 Å². The number of amides is 7. The first kappa shape index (κ1) is 73.0. The van der Waals surface area contributed by atoms with Crippen LogP contribution in [0.1, 0.15) is 121 Å². The Morgan fingerprint density at radius 2 is 1.33 bits per heavy atom. The average molecular weight is 1300 g/mol. The van der Waals surface area contributed by atoms with Gasteiger partial charge in [0.1, 0.15) is 42.9 Å². The van der Waals surface area contributed by atoms with Crippen LogP contribution >= 0.6 is 0 Å². The molecule has 3 N–H and O–H groups in total. The molecule has 0 radical (unpaired) electrons. The number of ketones is 1. The highest BCUT2D eigenvalue weighted by Gasteiger charge is 2.43. The Bertz CT molecular complexity index is 3590. The van der Waals surface area contributed by atoms with Crippen LogP contribution in [0.2, 0.25) is 0 Å².